The number of hydrogen-bond donors (Lipinski definition) is 1. The Hall–Kier alpha value is -2.84. The van der Waals surface area contributed by atoms with Gasteiger partial charge in [-0.05, 0) is 17.7 Å². The van der Waals surface area contributed by atoms with E-state index < -0.39 is 5.92 Å². The molecule has 1 atom stereocenters. The van der Waals surface area contributed by atoms with E-state index in [9.17, 15) is 9.59 Å². The first-order valence-electron chi connectivity index (χ1n) is 10.9. The lowest BCUT2D eigenvalue weighted by Crippen LogP contribution is -2.52. The Kier molecular flexibility index (Phi) is 7.22. The van der Waals surface area contributed by atoms with E-state index in [4.69, 9.17) is 9.15 Å². The largest absolute Gasteiger partial charge is 0.468 e. The molecule has 3 heterocycles. The molecule has 1 N–H and O–H groups in total. The van der Waals surface area contributed by atoms with Crippen LogP contribution in [-0.2, 0) is 16.1 Å². The van der Waals surface area contributed by atoms with Crippen molar-refractivity contribution >= 4 is 11.9 Å². The predicted octanol–water partition coefficient (Wildman–Crippen LogP) is 1.75. The molecule has 166 valence electrons. The molecule has 2 aromatic rings. The van der Waals surface area contributed by atoms with Gasteiger partial charge in [-0.3, -0.25) is 9.69 Å². The van der Waals surface area contributed by atoms with Crippen molar-refractivity contribution in [2.75, 3.05) is 59.0 Å². The van der Waals surface area contributed by atoms with Gasteiger partial charge in [0.1, 0.15) is 5.76 Å². The molecule has 31 heavy (non-hydrogen) atoms. The third-order valence-corrected chi connectivity index (χ3v) is 5.90. The molecule has 2 fully saturated rings. The van der Waals surface area contributed by atoms with Crippen LogP contribution in [0.4, 0.5) is 4.79 Å². The second-order valence-electron chi connectivity index (χ2n) is 7.93. The summed E-state index contributed by atoms with van der Waals surface area (Å²) in [5.41, 5.74) is 0.919. The second-order valence-corrected chi connectivity index (χ2v) is 7.93. The average molecular weight is 427 g/mol. The van der Waals surface area contributed by atoms with Crippen LogP contribution in [0.2, 0.25) is 0 Å². The molecule has 0 bridgehead atoms. The highest BCUT2D eigenvalue weighted by molar-refractivity contribution is 5.85. The number of nitrogens with one attached hydrogen (secondary N) is 1. The van der Waals surface area contributed by atoms with E-state index in [2.05, 4.69) is 10.2 Å². The Bertz CT molecular complexity index is 829. The summed E-state index contributed by atoms with van der Waals surface area (Å²) in [5.74, 6) is 0.576. The fraction of sp³-hybridized carbons (Fsp3) is 0.478. The number of hydrogen-bond acceptors (Lipinski definition) is 5. The van der Waals surface area contributed by atoms with Gasteiger partial charge >= 0.3 is 6.03 Å². The maximum Gasteiger partial charge on any atom is 0.317 e. The molecule has 2 aliphatic heterocycles. The van der Waals surface area contributed by atoms with Gasteiger partial charge in [0.05, 0.1) is 31.9 Å². The van der Waals surface area contributed by atoms with E-state index >= 15 is 0 Å². The smallest absolute Gasteiger partial charge is 0.317 e. The number of rotatable bonds is 6. The molecule has 1 aromatic heterocycles. The molecular formula is C23H30N4O4. The minimum atomic E-state index is -0.400. The van der Waals surface area contributed by atoms with Crippen LogP contribution in [-0.4, -0.2) is 85.7 Å². The number of carbonyl (C=O) groups is 2. The average Bonchev–Trinajstić information content (AvgIpc) is 3.34. The van der Waals surface area contributed by atoms with Crippen LogP contribution in [0.5, 0.6) is 0 Å². The van der Waals surface area contributed by atoms with E-state index in [1.807, 2.05) is 52.3 Å². The maximum atomic E-state index is 13.2. The normalized spacial score (nSPS) is 18.6. The molecule has 0 aliphatic carbocycles. The van der Waals surface area contributed by atoms with Crippen LogP contribution in [0.3, 0.4) is 0 Å². The van der Waals surface area contributed by atoms with Crippen LogP contribution < -0.4 is 5.32 Å². The zero-order valence-corrected chi connectivity index (χ0v) is 17.7. The maximum absolute atomic E-state index is 13.2. The molecule has 2 aliphatic rings. The van der Waals surface area contributed by atoms with E-state index in [0.717, 1.165) is 31.0 Å². The SMILES string of the molecule is O=C(NCC(C(=O)N1CCOCC1)c1ccccc1)N1CCN(Cc2ccco2)CC1. The number of furan rings is 1. The molecule has 0 spiro atoms. The van der Waals surface area contributed by atoms with Gasteiger partial charge in [0.2, 0.25) is 5.91 Å². The zero-order chi connectivity index (χ0) is 21.5. The molecule has 0 radical (unpaired) electrons. The van der Waals surface area contributed by atoms with Crippen molar-refractivity contribution in [1.29, 1.82) is 0 Å². The summed E-state index contributed by atoms with van der Waals surface area (Å²) < 4.78 is 10.8. The van der Waals surface area contributed by atoms with Crippen LogP contribution in [0.15, 0.2) is 53.1 Å². The van der Waals surface area contributed by atoms with E-state index in [0.29, 0.717) is 39.4 Å². The van der Waals surface area contributed by atoms with Gasteiger partial charge in [0.25, 0.3) is 0 Å². The summed E-state index contributed by atoms with van der Waals surface area (Å²) >= 11 is 0. The lowest BCUT2D eigenvalue weighted by atomic mass is 9.97. The first kappa shape index (κ1) is 21.4. The van der Waals surface area contributed by atoms with Gasteiger partial charge in [-0.2, -0.15) is 0 Å². The molecule has 8 nitrogen and oxygen atoms in total. The van der Waals surface area contributed by atoms with Crippen LogP contribution in [0.1, 0.15) is 17.2 Å². The first-order chi connectivity index (χ1) is 15.2. The first-order valence-corrected chi connectivity index (χ1v) is 10.9. The Labute approximate surface area is 182 Å². The lowest BCUT2D eigenvalue weighted by Gasteiger charge is -2.35. The van der Waals surface area contributed by atoms with Gasteiger partial charge in [0.15, 0.2) is 0 Å². The molecular weight excluding hydrogens is 396 g/mol. The molecule has 1 unspecified atom stereocenters. The van der Waals surface area contributed by atoms with Gasteiger partial charge in [-0.25, -0.2) is 4.79 Å². The number of benzene rings is 1. The standard InChI is InChI=1S/C23H30N4O4/c28-22(26-12-15-30-16-13-26)21(19-5-2-1-3-6-19)17-24-23(29)27-10-8-25(9-11-27)18-20-7-4-14-31-20/h1-7,14,21H,8-13,15-18H2,(H,24,29). The summed E-state index contributed by atoms with van der Waals surface area (Å²) in [7, 11) is 0. The van der Waals surface area contributed by atoms with E-state index in [-0.39, 0.29) is 18.5 Å². The van der Waals surface area contributed by atoms with Crippen molar-refractivity contribution in [3.05, 3.63) is 60.1 Å². The Balaban J connectivity index is 1.31. The monoisotopic (exact) mass is 426 g/mol. The highest BCUT2D eigenvalue weighted by atomic mass is 16.5. The fourth-order valence-electron chi connectivity index (χ4n) is 4.07. The topological polar surface area (TPSA) is 78.3 Å². The molecule has 4 rings (SSSR count). The lowest BCUT2D eigenvalue weighted by molar-refractivity contribution is -0.136. The van der Waals surface area contributed by atoms with Gasteiger partial charge < -0.3 is 24.3 Å². The minimum Gasteiger partial charge on any atom is -0.468 e. The van der Waals surface area contributed by atoms with Crippen molar-refractivity contribution in [2.24, 2.45) is 0 Å². The highest BCUT2D eigenvalue weighted by Gasteiger charge is 2.29. The third-order valence-electron chi connectivity index (χ3n) is 5.90. The molecule has 2 saturated heterocycles. The van der Waals surface area contributed by atoms with Crippen molar-refractivity contribution in [3.63, 3.8) is 0 Å². The minimum absolute atomic E-state index is 0.0399. The van der Waals surface area contributed by atoms with Crippen molar-refractivity contribution < 1.29 is 18.7 Å². The van der Waals surface area contributed by atoms with Gasteiger partial charge in [-0.15, -0.1) is 0 Å². The fourth-order valence-corrected chi connectivity index (χ4v) is 4.07. The van der Waals surface area contributed by atoms with Crippen molar-refractivity contribution in [3.8, 4) is 0 Å². The van der Waals surface area contributed by atoms with Crippen molar-refractivity contribution in [1.82, 2.24) is 20.0 Å². The van der Waals surface area contributed by atoms with Crippen molar-refractivity contribution in [2.45, 2.75) is 12.5 Å². The van der Waals surface area contributed by atoms with E-state index in [1.54, 1.807) is 6.26 Å². The Morgan fingerprint density at radius 3 is 2.32 bits per heavy atom. The summed E-state index contributed by atoms with van der Waals surface area (Å²) in [6, 6.07) is 13.4. The second kappa shape index (κ2) is 10.5. The number of carbonyl (C=O) groups excluding carboxylic acids is 2. The summed E-state index contributed by atoms with van der Waals surface area (Å²) in [6.07, 6.45) is 1.68. The van der Waals surface area contributed by atoms with Gasteiger partial charge in [-0.1, -0.05) is 30.3 Å². The third kappa shape index (κ3) is 5.65. The van der Waals surface area contributed by atoms with Crippen LogP contribution in [0.25, 0.3) is 0 Å². The number of ether oxygens (including phenoxy) is 1. The summed E-state index contributed by atoms with van der Waals surface area (Å²) in [4.78, 5) is 31.9. The Morgan fingerprint density at radius 2 is 1.65 bits per heavy atom. The summed E-state index contributed by atoms with van der Waals surface area (Å²) in [5, 5.41) is 3.00. The highest BCUT2D eigenvalue weighted by Crippen LogP contribution is 2.19. The number of urea groups is 1. The molecule has 0 saturated carbocycles. The molecule has 1 aromatic carbocycles. The predicted molar refractivity (Wildman–Crippen MR) is 116 cm³/mol. The number of amides is 3. The summed E-state index contributed by atoms with van der Waals surface area (Å²) in [6.45, 7) is 6.23. The molecule has 3 amide bonds. The Morgan fingerprint density at radius 1 is 0.903 bits per heavy atom. The van der Waals surface area contributed by atoms with Crippen LogP contribution in [0, 0.1) is 0 Å². The zero-order valence-electron chi connectivity index (χ0n) is 17.7. The number of morpholine rings is 1. The number of piperazine rings is 1. The number of nitrogens with zero attached hydrogens (tertiary/aromatic N) is 3. The van der Waals surface area contributed by atoms with E-state index in [1.165, 1.54) is 0 Å². The van der Waals surface area contributed by atoms with Crippen LogP contribution >= 0.6 is 0 Å². The van der Waals surface area contributed by atoms with Gasteiger partial charge in [0, 0.05) is 45.8 Å². The quantitative estimate of drug-likeness (QED) is 0.762. The molecule has 8 heteroatoms.